The summed E-state index contributed by atoms with van der Waals surface area (Å²) in [6, 6.07) is 4.99. The van der Waals surface area contributed by atoms with Gasteiger partial charge in [0.05, 0.1) is 17.3 Å². The molecule has 0 bridgehead atoms. The molecule has 6 heteroatoms. The van der Waals surface area contributed by atoms with Crippen molar-refractivity contribution in [2.45, 2.75) is 25.9 Å². The van der Waals surface area contributed by atoms with E-state index >= 15 is 0 Å². The number of rotatable bonds is 5. The Morgan fingerprint density at radius 2 is 2.28 bits per heavy atom. The Morgan fingerprint density at radius 3 is 2.89 bits per heavy atom. The molecule has 0 saturated carbocycles. The van der Waals surface area contributed by atoms with E-state index in [2.05, 4.69) is 10.5 Å². The summed E-state index contributed by atoms with van der Waals surface area (Å²) in [4.78, 5) is 11.3. The number of carbonyl (C=O) groups excluding carboxylic acids is 1. The fourth-order valence-corrected chi connectivity index (χ4v) is 1.63. The van der Waals surface area contributed by atoms with Gasteiger partial charge in [-0.25, -0.2) is 5.43 Å². The number of halogens is 2. The number of aliphatic hydroxyl groups is 1. The third-order valence-electron chi connectivity index (χ3n) is 2.14. The second-order valence-corrected chi connectivity index (χ2v) is 4.69. The fourth-order valence-electron chi connectivity index (χ4n) is 1.18. The van der Waals surface area contributed by atoms with E-state index in [1.54, 1.807) is 25.1 Å². The Morgan fingerprint density at radius 1 is 1.56 bits per heavy atom. The van der Waals surface area contributed by atoms with Gasteiger partial charge in [0, 0.05) is 17.0 Å². The summed E-state index contributed by atoms with van der Waals surface area (Å²) in [5.41, 5.74) is 3.02. The monoisotopic (exact) mass is 288 g/mol. The first-order valence-electron chi connectivity index (χ1n) is 5.44. The van der Waals surface area contributed by atoms with Gasteiger partial charge in [0.15, 0.2) is 0 Å². The topological polar surface area (TPSA) is 61.7 Å². The summed E-state index contributed by atoms with van der Waals surface area (Å²) in [6.07, 6.45) is 1.58. The average Bonchev–Trinajstić information content (AvgIpc) is 2.29. The van der Waals surface area contributed by atoms with Crippen molar-refractivity contribution >= 4 is 35.3 Å². The highest BCUT2D eigenvalue weighted by Crippen LogP contribution is 2.19. The molecule has 1 rings (SSSR count). The van der Waals surface area contributed by atoms with Gasteiger partial charge in [0.2, 0.25) is 5.91 Å². The van der Waals surface area contributed by atoms with E-state index in [4.69, 9.17) is 28.3 Å². The maximum Gasteiger partial charge on any atom is 0.240 e. The van der Waals surface area contributed by atoms with Gasteiger partial charge in [-0.15, -0.1) is 0 Å². The lowest BCUT2D eigenvalue weighted by molar-refractivity contribution is -0.121. The van der Waals surface area contributed by atoms with Crippen LogP contribution in [0.1, 0.15) is 25.3 Å². The first-order chi connectivity index (χ1) is 8.49. The van der Waals surface area contributed by atoms with Crippen LogP contribution in [0.15, 0.2) is 23.3 Å². The lowest BCUT2D eigenvalue weighted by Gasteiger charge is -2.02. The number of hydrogen-bond acceptors (Lipinski definition) is 3. The molecule has 2 N–H and O–H groups in total. The second kappa shape index (κ2) is 7.36. The molecule has 1 atom stereocenters. The molecular formula is C12H14Cl2N2O2. The lowest BCUT2D eigenvalue weighted by Crippen LogP contribution is -2.18. The predicted molar refractivity (Wildman–Crippen MR) is 73.1 cm³/mol. The molecule has 1 unspecified atom stereocenters. The summed E-state index contributed by atoms with van der Waals surface area (Å²) in [7, 11) is 0. The van der Waals surface area contributed by atoms with Crippen molar-refractivity contribution in [3.8, 4) is 0 Å². The molecular weight excluding hydrogens is 275 g/mol. The third kappa shape index (κ3) is 5.49. The third-order valence-corrected chi connectivity index (χ3v) is 2.71. The Hall–Kier alpha value is -1.10. The van der Waals surface area contributed by atoms with Crippen LogP contribution >= 0.6 is 23.2 Å². The van der Waals surface area contributed by atoms with Crippen LogP contribution in [0.5, 0.6) is 0 Å². The molecule has 0 saturated heterocycles. The van der Waals surface area contributed by atoms with Gasteiger partial charge < -0.3 is 5.11 Å². The number of hydrogen-bond donors (Lipinski definition) is 2. The number of aliphatic hydroxyl groups excluding tert-OH is 1. The Kier molecular flexibility index (Phi) is 6.12. The SMILES string of the molecule is CC(O)CCC(=O)NN=Cc1ccc(Cl)cc1Cl. The largest absolute Gasteiger partial charge is 0.393 e. The highest BCUT2D eigenvalue weighted by Gasteiger charge is 2.03. The van der Waals surface area contributed by atoms with E-state index in [0.717, 1.165) is 0 Å². The van der Waals surface area contributed by atoms with Gasteiger partial charge in [-0.1, -0.05) is 29.3 Å². The van der Waals surface area contributed by atoms with Crippen molar-refractivity contribution in [3.63, 3.8) is 0 Å². The molecule has 1 aromatic rings. The van der Waals surface area contributed by atoms with Crippen LogP contribution in [0.4, 0.5) is 0 Å². The number of nitrogens with zero attached hydrogens (tertiary/aromatic N) is 1. The van der Waals surface area contributed by atoms with Crippen molar-refractivity contribution in [2.24, 2.45) is 5.10 Å². The molecule has 1 aromatic carbocycles. The molecule has 4 nitrogen and oxygen atoms in total. The molecule has 0 fully saturated rings. The second-order valence-electron chi connectivity index (χ2n) is 3.85. The molecule has 0 aliphatic heterocycles. The minimum Gasteiger partial charge on any atom is -0.393 e. The normalized spacial score (nSPS) is 12.7. The number of nitrogens with one attached hydrogen (secondary N) is 1. The number of hydrazone groups is 1. The molecule has 0 aliphatic rings. The van der Waals surface area contributed by atoms with E-state index in [1.807, 2.05) is 0 Å². The van der Waals surface area contributed by atoms with Gasteiger partial charge in [-0.05, 0) is 25.5 Å². The summed E-state index contributed by atoms with van der Waals surface area (Å²) >= 11 is 11.7. The van der Waals surface area contributed by atoms with Crippen molar-refractivity contribution in [3.05, 3.63) is 33.8 Å². The van der Waals surface area contributed by atoms with E-state index < -0.39 is 6.10 Å². The first kappa shape index (κ1) is 15.0. The molecule has 0 radical (unpaired) electrons. The maximum atomic E-state index is 11.3. The van der Waals surface area contributed by atoms with E-state index in [0.29, 0.717) is 22.0 Å². The Balaban J connectivity index is 2.47. The molecule has 0 heterocycles. The van der Waals surface area contributed by atoms with Gasteiger partial charge in [-0.3, -0.25) is 4.79 Å². The van der Waals surface area contributed by atoms with Crippen LogP contribution in [-0.4, -0.2) is 23.3 Å². The van der Waals surface area contributed by atoms with Crippen molar-refractivity contribution in [1.82, 2.24) is 5.43 Å². The van der Waals surface area contributed by atoms with E-state index in [9.17, 15) is 4.79 Å². The smallest absolute Gasteiger partial charge is 0.240 e. The quantitative estimate of drug-likeness (QED) is 0.646. The summed E-state index contributed by atoms with van der Waals surface area (Å²) in [6.45, 7) is 1.63. The van der Waals surface area contributed by atoms with Crippen LogP contribution in [0.3, 0.4) is 0 Å². The summed E-state index contributed by atoms with van der Waals surface area (Å²) in [5.74, 6) is -0.253. The predicted octanol–water partition coefficient (Wildman–Crippen LogP) is 2.60. The molecule has 98 valence electrons. The zero-order valence-electron chi connectivity index (χ0n) is 9.86. The van der Waals surface area contributed by atoms with Gasteiger partial charge in [-0.2, -0.15) is 5.10 Å². The van der Waals surface area contributed by atoms with Crippen LogP contribution in [0, 0.1) is 0 Å². The Bertz CT molecular complexity index is 448. The highest BCUT2D eigenvalue weighted by molar-refractivity contribution is 6.36. The molecule has 0 aromatic heterocycles. The van der Waals surface area contributed by atoms with Crippen molar-refractivity contribution in [2.75, 3.05) is 0 Å². The van der Waals surface area contributed by atoms with Crippen LogP contribution in [-0.2, 0) is 4.79 Å². The zero-order chi connectivity index (χ0) is 13.5. The van der Waals surface area contributed by atoms with Crippen molar-refractivity contribution < 1.29 is 9.90 Å². The van der Waals surface area contributed by atoms with Gasteiger partial charge in [0.25, 0.3) is 0 Å². The maximum absolute atomic E-state index is 11.3. The zero-order valence-corrected chi connectivity index (χ0v) is 11.4. The minimum atomic E-state index is -0.495. The number of amides is 1. The molecule has 18 heavy (non-hydrogen) atoms. The summed E-state index contributed by atoms with van der Waals surface area (Å²) in [5, 5.41) is 13.8. The molecule has 0 aliphatic carbocycles. The Labute approximate surface area is 116 Å². The van der Waals surface area contributed by atoms with Gasteiger partial charge >= 0.3 is 0 Å². The van der Waals surface area contributed by atoms with Crippen molar-refractivity contribution in [1.29, 1.82) is 0 Å². The fraction of sp³-hybridized carbons (Fsp3) is 0.333. The summed E-state index contributed by atoms with van der Waals surface area (Å²) < 4.78 is 0. The standard InChI is InChI=1S/C12H14Cl2N2O2/c1-8(17)2-5-12(18)16-15-7-9-3-4-10(13)6-11(9)14/h3-4,6-8,17H,2,5H2,1H3,(H,16,18). The lowest BCUT2D eigenvalue weighted by atomic mass is 10.2. The van der Waals surface area contributed by atoms with E-state index in [1.165, 1.54) is 6.21 Å². The highest BCUT2D eigenvalue weighted by atomic mass is 35.5. The van der Waals surface area contributed by atoms with E-state index in [-0.39, 0.29) is 12.3 Å². The molecule has 1 amide bonds. The average molecular weight is 289 g/mol. The first-order valence-corrected chi connectivity index (χ1v) is 6.19. The number of benzene rings is 1. The van der Waals surface area contributed by atoms with Gasteiger partial charge in [0.1, 0.15) is 0 Å². The van der Waals surface area contributed by atoms with Crippen LogP contribution in [0.25, 0.3) is 0 Å². The van der Waals surface area contributed by atoms with Crippen LogP contribution in [0.2, 0.25) is 10.0 Å². The number of carbonyl (C=O) groups is 1. The minimum absolute atomic E-state index is 0.226. The molecule has 0 spiro atoms. The van der Waals surface area contributed by atoms with Crippen LogP contribution < -0.4 is 5.43 Å².